The molecule has 1 saturated heterocycles. The van der Waals surface area contributed by atoms with Gasteiger partial charge in [0.05, 0.1) is 16.7 Å². The number of hydrogen-bond donors (Lipinski definition) is 2. The number of benzene rings is 1. The number of fused-ring (bicyclic) bond motifs is 2. The van der Waals surface area contributed by atoms with Crippen molar-refractivity contribution in [3.05, 3.63) is 42.7 Å². The third-order valence-electron chi connectivity index (χ3n) is 5.26. The Labute approximate surface area is 156 Å². The summed E-state index contributed by atoms with van der Waals surface area (Å²) in [5, 5.41) is 9.05. The molecule has 27 heavy (non-hydrogen) atoms. The molecule has 1 amide bonds. The number of anilines is 3. The zero-order valence-corrected chi connectivity index (χ0v) is 15.2. The monoisotopic (exact) mass is 360 g/mol. The smallest absolute Gasteiger partial charge is 0.228 e. The SMILES string of the molecule is CC1CCC(=O)N1c1nn(C)c2cc(Nc3c[nH]c4cccnc34)ccc12. The molecule has 5 rings (SSSR count). The number of H-pyrrole nitrogens is 1. The van der Waals surface area contributed by atoms with Crippen LogP contribution in [-0.4, -0.2) is 31.7 Å². The Morgan fingerprint density at radius 1 is 1.30 bits per heavy atom. The number of carbonyl (C=O) groups excluding carboxylic acids is 1. The Balaban J connectivity index is 1.54. The summed E-state index contributed by atoms with van der Waals surface area (Å²) in [5.41, 5.74) is 4.75. The summed E-state index contributed by atoms with van der Waals surface area (Å²) in [7, 11) is 1.91. The summed E-state index contributed by atoms with van der Waals surface area (Å²) in [6.07, 6.45) is 5.17. The van der Waals surface area contributed by atoms with Gasteiger partial charge in [0.25, 0.3) is 0 Å². The Kier molecular flexibility index (Phi) is 3.43. The second-order valence-electron chi connectivity index (χ2n) is 7.06. The van der Waals surface area contributed by atoms with Crippen molar-refractivity contribution in [2.45, 2.75) is 25.8 Å². The van der Waals surface area contributed by atoms with Crippen molar-refractivity contribution in [3.8, 4) is 0 Å². The molecule has 0 bridgehead atoms. The van der Waals surface area contributed by atoms with E-state index in [4.69, 9.17) is 0 Å². The third kappa shape index (κ3) is 2.46. The maximum Gasteiger partial charge on any atom is 0.228 e. The van der Waals surface area contributed by atoms with Crippen LogP contribution in [0, 0.1) is 0 Å². The van der Waals surface area contributed by atoms with E-state index in [-0.39, 0.29) is 11.9 Å². The highest BCUT2D eigenvalue weighted by Gasteiger charge is 2.32. The van der Waals surface area contributed by atoms with Gasteiger partial charge >= 0.3 is 0 Å². The van der Waals surface area contributed by atoms with Crippen LogP contribution in [0.3, 0.4) is 0 Å². The van der Waals surface area contributed by atoms with Gasteiger partial charge < -0.3 is 10.3 Å². The number of rotatable bonds is 3. The van der Waals surface area contributed by atoms with Crippen molar-refractivity contribution in [2.75, 3.05) is 10.2 Å². The minimum Gasteiger partial charge on any atom is -0.358 e. The molecular weight excluding hydrogens is 340 g/mol. The number of hydrogen-bond acceptors (Lipinski definition) is 4. The highest BCUT2D eigenvalue weighted by molar-refractivity contribution is 6.04. The first-order valence-corrected chi connectivity index (χ1v) is 9.10. The van der Waals surface area contributed by atoms with Crippen molar-refractivity contribution in [3.63, 3.8) is 0 Å². The summed E-state index contributed by atoms with van der Waals surface area (Å²) >= 11 is 0. The van der Waals surface area contributed by atoms with Crippen LogP contribution < -0.4 is 10.2 Å². The summed E-state index contributed by atoms with van der Waals surface area (Å²) in [4.78, 5) is 21.8. The highest BCUT2D eigenvalue weighted by Crippen LogP contribution is 2.34. The molecule has 3 aromatic heterocycles. The zero-order chi connectivity index (χ0) is 18.5. The molecular formula is C20H20N6O. The Bertz CT molecular complexity index is 1170. The van der Waals surface area contributed by atoms with Crippen LogP contribution in [-0.2, 0) is 11.8 Å². The second kappa shape index (κ2) is 5.84. The number of amides is 1. The van der Waals surface area contributed by atoms with E-state index in [0.29, 0.717) is 6.42 Å². The lowest BCUT2D eigenvalue weighted by Crippen LogP contribution is -2.31. The van der Waals surface area contributed by atoms with Crippen LogP contribution in [0.1, 0.15) is 19.8 Å². The fourth-order valence-electron chi connectivity index (χ4n) is 3.85. The van der Waals surface area contributed by atoms with E-state index in [1.807, 2.05) is 47.1 Å². The lowest BCUT2D eigenvalue weighted by molar-refractivity contribution is -0.117. The molecule has 0 aliphatic carbocycles. The summed E-state index contributed by atoms with van der Waals surface area (Å²) in [6.45, 7) is 2.07. The van der Waals surface area contributed by atoms with Gasteiger partial charge in [-0.2, -0.15) is 5.10 Å². The van der Waals surface area contributed by atoms with E-state index >= 15 is 0 Å². The minimum atomic E-state index is 0.148. The lowest BCUT2D eigenvalue weighted by Gasteiger charge is -2.19. The normalized spacial score (nSPS) is 17.3. The average molecular weight is 360 g/mol. The molecule has 4 aromatic rings. The van der Waals surface area contributed by atoms with Crippen molar-refractivity contribution in [2.24, 2.45) is 7.05 Å². The minimum absolute atomic E-state index is 0.148. The van der Waals surface area contributed by atoms with Gasteiger partial charge in [-0.25, -0.2) is 0 Å². The number of nitrogens with zero attached hydrogens (tertiary/aromatic N) is 4. The van der Waals surface area contributed by atoms with E-state index in [1.165, 1.54) is 0 Å². The van der Waals surface area contributed by atoms with Gasteiger partial charge in [-0.15, -0.1) is 0 Å². The van der Waals surface area contributed by atoms with Crippen molar-refractivity contribution >= 4 is 45.0 Å². The largest absolute Gasteiger partial charge is 0.358 e. The number of pyridine rings is 1. The predicted molar refractivity (Wildman–Crippen MR) is 106 cm³/mol. The van der Waals surface area contributed by atoms with E-state index in [9.17, 15) is 4.79 Å². The first-order chi connectivity index (χ1) is 13.1. The standard InChI is InChI=1S/C20H20N6O/c1-12-5-8-18(27)26(12)20-14-7-6-13(10-17(14)25(2)24-20)23-16-11-22-15-4-3-9-21-19(15)16/h3-4,6-7,9-12,22-23H,5,8H2,1-2H3. The van der Waals surface area contributed by atoms with Crippen LogP contribution in [0.25, 0.3) is 21.9 Å². The van der Waals surface area contributed by atoms with Gasteiger partial charge in [0.2, 0.25) is 5.91 Å². The van der Waals surface area contributed by atoms with Gasteiger partial charge in [-0.1, -0.05) is 0 Å². The molecule has 0 spiro atoms. The van der Waals surface area contributed by atoms with Crippen molar-refractivity contribution in [1.82, 2.24) is 19.7 Å². The number of aromatic nitrogens is 4. The van der Waals surface area contributed by atoms with Gasteiger partial charge in [0.15, 0.2) is 5.82 Å². The van der Waals surface area contributed by atoms with E-state index in [0.717, 1.165) is 45.5 Å². The lowest BCUT2D eigenvalue weighted by atomic mass is 10.2. The summed E-state index contributed by atoms with van der Waals surface area (Å²) in [6, 6.07) is 10.2. The molecule has 7 heteroatoms. The molecule has 2 N–H and O–H groups in total. The molecule has 136 valence electrons. The molecule has 1 fully saturated rings. The van der Waals surface area contributed by atoms with Crippen LogP contribution in [0.5, 0.6) is 0 Å². The molecule has 1 aliphatic rings. The van der Waals surface area contributed by atoms with Crippen LogP contribution >= 0.6 is 0 Å². The number of nitrogens with one attached hydrogen (secondary N) is 2. The molecule has 1 atom stereocenters. The maximum absolute atomic E-state index is 12.3. The Hall–Kier alpha value is -3.35. The van der Waals surface area contributed by atoms with Crippen LogP contribution in [0.15, 0.2) is 42.7 Å². The summed E-state index contributed by atoms with van der Waals surface area (Å²) in [5.74, 6) is 0.900. The maximum atomic E-state index is 12.3. The number of aromatic amines is 1. The molecule has 1 aromatic carbocycles. The van der Waals surface area contributed by atoms with Crippen molar-refractivity contribution in [1.29, 1.82) is 0 Å². The number of aryl methyl sites for hydroxylation is 1. The van der Waals surface area contributed by atoms with Crippen molar-refractivity contribution < 1.29 is 4.79 Å². The fourth-order valence-corrected chi connectivity index (χ4v) is 3.85. The molecule has 4 heterocycles. The predicted octanol–water partition coefficient (Wildman–Crippen LogP) is 3.71. The van der Waals surface area contributed by atoms with E-state index in [1.54, 1.807) is 6.20 Å². The molecule has 1 aliphatic heterocycles. The fraction of sp³-hybridized carbons (Fsp3) is 0.250. The van der Waals surface area contributed by atoms with Crippen LogP contribution in [0.4, 0.5) is 17.2 Å². The van der Waals surface area contributed by atoms with Gasteiger partial charge in [-0.3, -0.25) is 19.4 Å². The zero-order valence-electron chi connectivity index (χ0n) is 15.2. The number of carbonyl (C=O) groups is 1. The first-order valence-electron chi connectivity index (χ1n) is 9.10. The van der Waals surface area contributed by atoms with Crippen LogP contribution in [0.2, 0.25) is 0 Å². The third-order valence-corrected chi connectivity index (χ3v) is 5.26. The Morgan fingerprint density at radius 2 is 2.19 bits per heavy atom. The highest BCUT2D eigenvalue weighted by atomic mass is 16.2. The Morgan fingerprint density at radius 3 is 3.00 bits per heavy atom. The quantitative estimate of drug-likeness (QED) is 0.584. The average Bonchev–Trinajstić information content (AvgIpc) is 3.32. The molecule has 0 saturated carbocycles. The molecule has 7 nitrogen and oxygen atoms in total. The van der Waals surface area contributed by atoms with E-state index in [2.05, 4.69) is 33.4 Å². The van der Waals surface area contributed by atoms with Gasteiger partial charge in [0, 0.05) is 43.0 Å². The first kappa shape index (κ1) is 15.9. The van der Waals surface area contributed by atoms with Gasteiger partial charge in [0.1, 0.15) is 5.52 Å². The molecule has 1 unspecified atom stereocenters. The van der Waals surface area contributed by atoms with E-state index < -0.39 is 0 Å². The molecule has 0 radical (unpaired) electrons. The van der Waals surface area contributed by atoms with Gasteiger partial charge in [-0.05, 0) is 43.7 Å². The topological polar surface area (TPSA) is 78.8 Å². The summed E-state index contributed by atoms with van der Waals surface area (Å²) < 4.78 is 1.83. The second-order valence-corrected chi connectivity index (χ2v) is 7.06.